The summed E-state index contributed by atoms with van der Waals surface area (Å²) in [5.41, 5.74) is -0.834. The number of rotatable bonds is 5. The van der Waals surface area contributed by atoms with Gasteiger partial charge in [-0.05, 0) is 32.4 Å². The number of hydrogen-bond donors (Lipinski definition) is 1. The van der Waals surface area contributed by atoms with Crippen molar-refractivity contribution in [1.29, 1.82) is 0 Å². The lowest BCUT2D eigenvalue weighted by atomic mass is 10.0. The van der Waals surface area contributed by atoms with Gasteiger partial charge in [0.15, 0.2) is 23.0 Å². The first-order chi connectivity index (χ1) is 19.8. The van der Waals surface area contributed by atoms with E-state index in [0.717, 1.165) is 12.3 Å². The molecule has 0 radical (unpaired) electrons. The number of piperazine rings is 1. The molecule has 4 aromatic rings. The number of carbonyl (C=O) groups excluding carboxylic acids is 1. The van der Waals surface area contributed by atoms with Crippen molar-refractivity contribution in [3.8, 4) is 11.3 Å². The summed E-state index contributed by atoms with van der Waals surface area (Å²) in [7, 11) is 0. The van der Waals surface area contributed by atoms with Crippen LogP contribution in [0.1, 0.15) is 46.6 Å². The van der Waals surface area contributed by atoms with Gasteiger partial charge in [-0.2, -0.15) is 18.3 Å². The zero-order valence-corrected chi connectivity index (χ0v) is 22.9. The van der Waals surface area contributed by atoms with Crippen molar-refractivity contribution in [2.45, 2.75) is 52.2 Å². The third kappa shape index (κ3) is 5.34. The van der Waals surface area contributed by atoms with Gasteiger partial charge < -0.3 is 10.0 Å². The van der Waals surface area contributed by atoms with Gasteiger partial charge >= 0.3 is 6.18 Å². The third-order valence-corrected chi connectivity index (χ3v) is 7.61. The molecule has 1 amide bonds. The van der Waals surface area contributed by atoms with E-state index in [9.17, 15) is 36.2 Å². The third-order valence-electron chi connectivity index (χ3n) is 7.61. The van der Waals surface area contributed by atoms with Crippen molar-refractivity contribution in [2.24, 2.45) is 0 Å². The molecule has 2 aromatic carbocycles. The second-order valence-corrected chi connectivity index (χ2v) is 10.5. The number of amides is 1. The first-order valence-corrected chi connectivity index (χ1v) is 13.1. The standard InChI is InChI=1S/C29H27F6N5O2/c1-15-12-39(16(2)11-38(15)13-20-8-21(30)9-23(31)24(20)32)28(42)22-10-36-40-26(29(33,34)35)17(3)25(37-27(22)40)19-6-4-18(14-41)5-7-19/h4-10,15-16,41H,11-14H2,1-3H3/t15-,16+/m0/s1. The van der Waals surface area contributed by atoms with E-state index in [1.54, 1.807) is 43.0 Å². The molecule has 1 saturated heterocycles. The van der Waals surface area contributed by atoms with Crippen molar-refractivity contribution < 1.29 is 36.2 Å². The van der Waals surface area contributed by atoms with Crippen LogP contribution in [0.2, 0.25) is 0 Å². The molecule has 1 N–H and O–H groups in total. The lowest BCUT2D eigenvalue weighted by Gasteiger charge is -2.44. The Morgan fingerprint density at radius 1 is 1.05 bits per heavy atom. The Balaban J connectivity index is 1.49. The topological polar surface area (TPSA) is 74.0 Å². The number of halogens is 6. The van der Waals surface area contributed by atoms with Gasteiger partial charge in [0.05, 0.1) is 18.5 Å². The predicted molar refractivity (Wildman–Crippen MR) is 141 cm³/mol. The fraction of sp³-hybridized carbons (Fsp3) is 0.345. The van der Waals surface area contributed by atoms with Crippen molar-refractivity contribution in [3.63, 3.8) is 0 Å². The van der Waals surface area contributed by atoms with Crippen LogP contribution in [0.25, 0.3) is 16.9 Å². The molecule has 1 aliphatic rings. The first kappa shape index (κ1) is 29.5. The molecule has 2 aromatic heterocycles. The molecular formula is C29H27F6N5O2. The van der Waals surface area contributed by atoms with Gasteiger partial charge in [-0.3, -0.25) is 9.69 Å². The number of benzene rings is 2. The Morgan fingerprint density at radius 2 is 1.74 bits per heavy atom. The molecular weight excluding hydrogens is 564 g/mol. The molecule has 3 heterocycles. The molecule has 5 rings (SSSR count). The molecule has 0 aliphatic carbocycles. The molecule has 0 bridgehead atoms. The molecule has 222 valence electrons. The number of alkyl halides is 3. The molecule has 1 fully saturated rings. The van der Waals surface area contributed by atoms with E-state index in [1.807, 2.05) is 0 Å². The van der Waals surface area contributed by atoms with Gasteiger partial charge in [-0.15, -0.1) is 0 Å². The summed E-state index contributed by atoms with van der Waals surface area (Å²) in [5, 5.41) is 13.2. The van der Waals surface area contributed by atoms with Crippen LogP contribution in [0.5, 0.6) is 0 Å². The van der Waals surface area contributed by atoms with Crippen LogP contribution in [0.4, 0.5) is 26.3 Å². The maximum Gasteiger partial charge on any atom is 0.433 e. The average Bonchev–Trinajstić information content (AvgIpc) is 3.34. The maximum absolute atomic E-state index is 14.3. The number of carbonyl (C=O) groups is 1. The van der Waals surface area contributed by atoms with E-state index in [2.05, 4.69) is 10.1 Å². The Bertz CT molecular complexity index is 1650. The number of hydrogen-bond acceptors (Lipinski definition) is 5. The highest BCUT2D eigenvalue weighted by atomic mass is 19.4. The van der Waals surface area contributed by atoms with Crippen LogP contribution >= 0.6 is 0 Å². The zero-order chi connectivity index (χ0) is 30.5. The van der Waals surface area contributed by atoms with Crippen LogP contribution in [-0.2, 0) is 19.3 Å². The number of aliphatic hydroxyl groups excluding tert-OH is 1. The molecule has 13 heteroatoms. The van der Waals surface area contributed by atoms with Gasteiger partial charge in [-0.1, -0.05) is 24.3 Å². The van der Waals surface area contributed by atoms with Crippen molar-refractivity contribution in [1.82, 2.24) is 24.4 Å². The summed E-state index contributed by atoms with van der Waals surface area (Å²) in [4.78, 5) is 21.5. The summed E-state index contributed by atoms with van der Waals surface area (Å²) >= 11 is 0. The molecule has 0 saturated carbocycles. The summed E-state index contributed by atoms with van der Waals surface area (Å²) in [6.07, 6.45) is -3.75. The Hall–Kier alpha value is -3.97. The smallest absolute Gasteiger partial charge is 0.392 e. The fourth-order valence-corrected chi connectivity index (χ4v) is 5.41. The van der Waals surface area contributed by atoms with E-state index in [-0.39, 0.29) is 60.3 Å². The maximum atomic E-state index is 14.3. The molecule has 0 spiro atoms. The van der Waals surface area contributed by atoms with Gasteiger partial charge in [0.25, 0.3) is 5.91 Å². The quantitative estimate of drug-likeness (QED) is 0.250. The number of fused-ring (bicyclic) bond motifs is 1. The molecule has 2 atom stereocenters. The Labute approximate surface area is 237 Å². The second-order valence-electron chi connectivity index (χ2n) is 10.5. The van der Waals surface area contributed by atoms with Crippen LogP contribution in [0, 0.1) is 24.4 Å². The lowest BCUT2D eigenvalue weighted by Crippen LogP contribution is -2.57. The highest BCUT2D eigenvalue weighted by Gasteiger charge is 2.40. The Morgan fingerprint density at radius 3 is 2.38 bits per heavy atom. The number of nitrogens with zero attached hydrogens (tertiary/aromatic N) is 5. The normalized spacial score (nSPS) is 18.2. The fourth-order valence-electron chi connectivity index (χ4n) is 5.41. The number of aromatic nitrogens is 3. The molecule has 7 nitrogen and oxygen atoms in total. The highest BCUT2D eigenvalue weighted by molar-refractivity contribution is 6.00. The summed E-state index contributed by atoms with van der Waals surface area (Å²) in [6.45, 7) is 4.75. The summed E-state index contributed by atoms with van der Waals surface area (Å²) in [5.74, 6) is -3.93. The van der Waals surface area contributed by atoms with Crippen molar-refractivity contribution in [3.05, 3.63) is 88.0 Å². The van der Waals surface area contributed by atoms with E-state index in [0.29, 0.717) is 21.7 Å². The van der Waals surface area contributed by atoms with Gasteiger partial charge in [0.2, 0.25) is 0 Å². The minimum Gasteiger partial charge on any atom is -0.392 e. The monoisotopic (exact) mass is 591 g/mol. The van der Waals surface area contributed by atoms with Crippen LogP contribution in [0.3, 0.4) is 0 Å². The van der Waals surface area contributed by atoms with E-state index >= 15 is 0 Å². The summed E-state index contributed by atoms with van der Waals surface area (Å²) < 4.78 is 85.2. The minimum absolute atomic E-state index is 0.0180. The average molecular weight is 592 g/mol. The van der Waals surface area contributed by atoms with Crippen LogP contribution in [0.15, 0.2) is 42.6 Å². The largest absolute Gasteiger partial charge is 0.433 e. The van der Waals surface area contributed by atoms with E-state index in [1.165, 1.54) is 11.8 Å². The van der Waals surface area contributed by atoms with Gasteiger partial charge in [0, 0.05) is 54.5 Å². The SMILES string of the molecule is Cc1c(-c2ccc(CO)cc2)nc2c(C(=O)N3C[C@H](C)N(Cc4cc(F)cc(F)c4F)C[C@H]3C)cnn2c1C(F)(F)F. The summed E-state index contributed by atoms with van der Waals surface area (Å²) in [6, 6.07) is 6.77. The van der Waals surface area contributed by atoms with Crippen molar-refractivity contribution >= 4 is 11.6 Å². The first-order valence-electron chi connectivity index (χ1n) is 13.1. The van der Waals surface area contributed by atoms with Crippen LogP contribution < -0.4 is 0 Å². The predicted octanol–water partition coefficient (Wildman–Crippen LogP) is 5.37. The van der Waals surface area contributed by atoms with Gasteiger partial charge in [-0.25, -0.2) is 22.7 Å². The Kier molecular flexibility index (Phi) is 7.75. The molecule has 42 heavy (non-hydrogen) atoms. The van der Waals surface area contributed by atoms with E-state index in [4.69, 9.17) is 0 Å². The lowest BCUT2D eigenvalue weighted by molar-refractivity contribution is -0.143. The molecule has 1 aliphatic heterocycles. The van der Waals surface area contributed by atoms with Crippen molar-refractivity contribution in [2.75, 3.05) is 13.1 Å². The van der Waals surface area contributed by atoms with Gasteiger partial charge in [0.1, 0.15) is 11.4 Å². The highest BCUT2D eigenvalue weighted by Crippen LogP contribution is 2.37. The van der Waals surface area contributed by atoms with Crippen LogP contribution in [-0.4, -0.2) is 60.6 Å². The van der Waals surface area contributed by atoms with E-state index < -0.39 is 41.3 Å². The minimum atomic E-state index is -4.81. The molecule has 0 unspecified atom stereocenters. The second kappa shape index (κ2) is 11.0. The zero-order valence-electron chi connectivity index (χ0n) is 22.9. The number of aliphatic hydroxyl groups is 1.